The normalized spacial score (nSPS) is 22.2. The van der Waals surface area contributed by atoms with Crippen LogP contribution < -0.4 is 10.6 Å². The van der Waals surface area contributed by atoms with Gasteiger partial charge < -0.3 is 10.5 Å². The van der Waals surface area contributed by atoms with Crippen molar-refractivity contribution < 1.29 is 9.53 Å². The molecule has 0 saturated carbocycles. The van der Waals surface area contributed by atoms with Gasteiger partial charge in [0.1, 0.15) is 0 Å². The van der Waals surface area contributed by atoms with Gasteiger partial charge in [0.15, 0.2) is 5.13 Å². The first kappa shape index (κ1) is 17.3. The van der Waals surface area contributed by atoms with Gasteiger partial charge in [0.2, 0.25) is 5.91 Å². The van der Waals surface area contributed by atoms with Crippen LogP contribution in [0, 0.1) is 5.41 Å². The Morgan fingerprint density at radius 3 is 3.00 bits per heavy atom. The van der Waals surface area contributed by atoms with Crippen molar-refractivity contribution in [1.82, 2.24) is 9.88 Å². The number of nitrogens with zero attached hydrogens (tertiary/aromatic N) is 3. The average Bonchev–Trinajstić information content (AvgIpc) is 3.08. The number of anilines is 1. The summed E-state index contributed by atoms with van der Waals surface area (Å²) in [5, 5.41) is 2.79. The van der Waals surface area contributed by atoms with Crippen LogP contribution in [0.2, 0.25) is 0 Å². The average molecular weight is 326 g/mol. The number of hydrogen-bond donors (Lipinski definition) is 1. The van der Waals surface area contributed by atoms with E-state index in [2.05, 4.69) is 16.8 Å². The molecule has 1 aliphatic rings. The van der Waals surface area contributed by atoms with Gasteiger partial charge >= 0.3 is 0 Å². The Labute approximate surface area is 136 Å². The molecule has 2 heterocycles. The third-order valence-corrected chi connectivity index (χ3v) is 5.10. The lowest BCUT2D eigenvalue weighted by atomic mass is 9.90. The highest BCUT2D eigenvalue weighted by molar-refractivity contribution is 7.14. The maximum absolute atomic E-state index is 11.7. The fourth-order valence-corrected chi connectivity index (χ4v) is 3.61. The maximum Gasteiger partial charge on any atom is 0.225 e. The van der Waals surface area contributed by atoms with Crippen molar-refractivity contribution in [2.24, 2.45) is 11.1 Å². The van der Waals surface area contributed by atoms with E-state index in [1.165, 1.54) is 11.3 Å². The Kier molecular flexibility index (Phi) is 5.91. The minimum absolute atomic E-state index is 0.00479. The van der Waals surface area contributed by atoms with Gasteiger partial charge in [-0.3, -0.25) is 14.6 Å². The lowest BCUT2D eigenvalue weighted by Crippen LogP contribution is -2.32. The number of ether oxygens (including phenoxy) is 1. The molecule has 2 N–H and O–H groups in total. The predicted molar refractivity (Wildman–Crippen MR) is 89.1 cm³/mol. The van der Waals surface area contributed by atoms with Crippen molar-refractivity contribution in [3.8, 4) is 0 Å². The van der Waals surface area contributed by atoms with E-state index in [0.717, 1.165) is 43.4 Å². The second-order valence-corrected chi connectivity index (χ2v) is 7.10. The fourth-order valence-electron chi connectivity index (χ4n) is 2.72. The Morgan fingerprint density at radius 1 is 1.64 bits per heavy atom. The van der Waals surface area contributed by atoms with Crippen molar-refractivity contribution >= 4 is 22.4 Å². The van der Waals surface area contributed by atoms with E-state index in [4.69, 9.17) is 10.5 Å². The molecule has 2 rings (SSSR count). The molecule has 6 nitrogen and oxygen atoms in total. The van der Waals surface area contributed by atoms with E-state index in [1.807, 2.05) is 5.38 Å². The van der Waals surface area contributed by atoms with Gasteiger partial charge in [-0.2, -0.15) is 0 Å². The number of aromatic nitrogens is 1. The van der Waals surface area contributed by atoms with Crippen molar-refractivity contribution in [3.63, 3.8) is 0 Å². The zero-order valence-corrected chi connectivity index (χ0v) is 14.5. The summed E-state index contributed by atoms with van der Waals surface area (Å²) in [6.45, 7) is 8.45. The van der Waals surface area contributed by atoms with Gasteiger partial charge in [-0.05, 0) is 24.9 Å². The summed E-state index contributed by atoms with van der Waals surface area (Å²) >= 11 is 1.51. The van der Waals surface area contributed by atoms with Gasteiger partial charge in [0.25, 0.3) is 0 Å². The molecule has 1 amide bonds. The second kappa shape index (κ2) is 7.50. The highest BCUT2D eigenvalue weighted by atomic mass is 32.1. The summed E-state index contributed by atoms with van der Waals surface area (Å²) in [4.78, 5) is 20.4. The van der Waals surface area contributed by atoms with E-state index in [9.17, 15) is 4.79 Å². The van der Waals surface area contributed by atoms with Crippen molar-refractivity contribution in [1.29, 1.82) is 0 Å². The number of rotatable bonds is 7. The Hall–Kier alpha value is -1.02. The molecule has 1 aromatic rings. The molecule has 124 valence electrons. The third-order valence-electron chi connectivity index (χ3n) is 4.18. The van der Waals surface area contributed by atoms with Crippen LogP contribution in [-0.4, -0.2) is 55.7 Å². The Bertz CT molecular complexity index is 507. The van der Waals surface area contributed by atoms with Gasteiger partial charge in [-0.1, -0.05) is 6.92 Å². The Morgan fingerprint density at radius 2 is 2.41 bits per heavy atom. The summed E-state index contributed by atoms with van der Waals surface area (Å²) in [5.74, 6) is -0.00479. The number of methoxy groups -OCH3 is 1. The van der Waals surface area contributed by atoms with E-state index in [1.54, 1.807) is 18.9 Å². The number of nitrogens with two attached hydrogens (primary N) is 1. The van der Waals surface area contributed by atoms with Crippen LogP contribution in [0.4, 0.5) is 5.13 Å². The number of carbonyl (C=O) groups excluding carboxylic acids is 1. The van der Waals surface area contributed by atoms with E-state index < -0.39 is 0 Å². The number of carbonyl (C=O) groups is 1. The molecule has 1 aromatic heterocycles. The summed E-state index contributed by atoms with van der Waals surface area (Å²) in [6.07, 6.45) is 1.13. The number of thiazole rings is 1. The molecule has 7 heteroatoms. The largest absolute Gasteiger partial charge is 0.383 e. The number of amides is 1. The second-order valence-electron chi connectivity index (χ2n) is 6.26. The van der Waals surface area contributed by atoms with Crippen LogP contribution in [0.15, 0.2) is 5.38 Å². The molecule has 1 saturated heterocycles. The summed E-state index contributed by atoms with van der Waals surface area (Å²) < 4.78 is 5.06. The molecule has 1 aliphatic heterocycles. The zero-order chi connectivity index (χ0) is 16.2. The molecule has 0 spiro atoms. The van der Waals surface area contributed by atoms with E-state index in [0.29, 0.717) is 13.2 Å². The number of likely N-dealkylation sites (tertiary alicyclic amines) is 1. The quantitative estimate of drug-likeness (QED) is 0.818. The number of hydrogen-bond acceptors (Lipinski definition) is 6. The highest BCUT2D eigenvalue weighted by Crippen LogP contribution is 2.30. The molecule has 0 aromatic carbocycles. The topological polar surface area (TPSA) is 71.7 Å². The van der Waals surface area contributed by atoms with Crippen LogP contribution in [-0.2, 0) is 16.1 Å². The summed E-state index contributed by atoms with van der Waals surface area (Å²) in [5.41, 5.74) is 7.09. The molecule has 0 radical (unpaired) electrons. The van der Waals surface area contributed by atoms with Crippen molar-refractivity contribution in [3.05, 3.63) is 11.1 Å². The maximum atomic E-state index is 11.7. The highest BCUT2D eigenvalue weighted by Gasteiger charge is 2.32. The molecular weight excluding hydrogens is 300 g/mol. The lowest BCUT2D eigenvalue weighted by molar-refractivity contribution is -0.116. The minimum atomic E-state index is -0.00479. The monoisotopic (exact) mass is 326 g/mol. The molecular formula is C15H26N4O2S. The van der Waals surface area contributed by atoms with Crippen LogP contribution in [0.25, 0.3) is 0 Å². The van der Waals surface area contributed by atoms with Crippen LogP contribution >= 0.6 is 11.3 Å². The molecule has 1 fully saturated rings. The van der Waals surface area contributed by atoms with Gasteiger partial charge in [-0.15, -0.1) is 11.3 Å². The van der Waals surface area contributed by atoms with E-state index >= 15 is 0 Å². The first-order valence-electron chi connectivity index (χ1n) is 7.61. The predicted octanol–water partition coefficient (Wildman–Crippen LogP) is 1.31. The Balaban J connectivity index is 1.97. The van der Waals surface area contributed by atoms with Gasteiger partial charge in [-0.25, -0.2) is 4.98 Å². The molecule has 1 atom stereocenters. The molecule has 0 aliphatic carbocycles. The third kappa shape index (κ3) is 4.25. The van der Waals surface area contributed by atoms with Crippen molar-refractivity contribution in [2.75, 3.05) is 44.8 Å². The zero-order valence-electron chi connectivity index (χ0n) is 13.7. The smallest absolute Gasteiger partial charge is 0.225 e. The van der Waals surface area contributed by atoms with E-state index in [-0.39, 0.29) is 11.3 Å². The summed E-state index contributed by atoms with van der Waals surface area (Å²) in [6, 6.07) is 0. The van der Waals surface area contributed by atoms with Crippen LogP contribution in [0.1, 0.15) is 26.0 Å². The van der Waals surface area contributed by atoms with Crippen LogP contribution in [0.5, 0.6) is 0 Å². The van der Waals surface area contributed by atoms with Crippen molar-refractivity contribution in [2.45, 2.75) is 26.8 Å². The molecule has 1 unspecified atom stereocenters. The molecule has 22 heavy (non-hydrogen) atoms. The SMILES string of the molecule is COCCN(C(C)=O)c1nc(CN2CCC(C)(CN)C2)cs1. The van der Waals surface area contributed by atoms with Crippen LogP contribution in [0.3, 0.4) is 0 Å². The van der Waals surface area contributed by atoms with Gasteiger partial charge in [0.05, 0.1) is 18.8 Å². The fraction of sp³-hybridized carbons (Fsp3) is 0.733. The minimum Gasteiger partial charge on any atom is -0.383 e. The summed E-state index contributed by atoms with van der Waals surface area (Å²) in [7, 11) is 1.63. The molecule has 0 bridgehead atoms. The van der Waals surface area contributed by atoms with Gasteiger partial charge in [0, 0.05) is 32.5 Å². The standard InChI is InChI=1S/C15H26N4O2S/c1-12(20)19(6-7-21-3)14-17-13(9-22-14)8-18-5-4-15(2,10-16)11-18/h9H,4-8,10-11,16H2,1-3H3. The lowest BCUT2D eigenvalue weighted by Gasteiger charge is -2.22. The first-order valence-corrected chi connectivity index (χ1v) is 8.49. The first-order chi connectivity index (χ1) is 10.5.